The third kappa shape index (κ3) is 4.43. The molecule has 0 aromatic rings. The summed E-state index contributed by atoms with van der Waals surface area (Å²) in [5, 5.41) is 3.37. The second-order valence-electron chi connectivity index (χ2n) is 5.33. The number of rotatable bonds is 10. The van der Waals surface area contributed by atoms with Crippen LogP contribution in [-0.4, -0.2) is 52.1 Å². The van der Waals surface area contributed by atoms with Crippen molar-refractivity contribution in [1.29, 1.82) is 0 Å². The largest absolute Gasteiger partial charge is 0.468 e. The van der Waals surface area contributed by atoms with E-state index in [1.165, 1.54) is 7.11 Å². The van der Waals surface area contributed by atoms with Crippen molar-refractivity contribution in [3.05, 3.63) is 0 Å². The molecule has 0 spiro atoms. The van der Waals surface area contributed by atoms with E-state index in [1.807, 2.05) is 6.92 Å². The maximum Gasteiger partial charge on any atom is 0.326 e. The molecule has 0 bridgehead atoms. The molecule has 118 valence electrons. The molecule has 1 N–H and O–H groups in total. The zero-order valence-corrected chi connectivity index (χ0v) is 13.1. The fourth-order valence-corrected chi connectivity index (χ4v) is 3.17. The standard InChI is InChI=1S/C15H29NO4/c1-4-16-15(14(17)19-3)9-5-7-13(15)8-12-20-11-6-10-18-2/h13,16H,4-12H2,1-3H3. The van der Waals surface area contributed by atoms with Crippen LogP contribution in [0.2, 0.25) is 0 Å². The van der Waals surface area contributed by atoms with Gasteiger partial charge in [-0.1, -0.05) is 13.3 Å². The Kier molecular flexibility index (Phi) is 8.11. The van der Waals surface area contributed by atoms with Crippen molar-refractivity contribution in [2.45, 2.75) is 44.6 Å². The van der Waals surface area contributed by atoms with Gasteiger partial charge in [-0.2, -0.15) is 0 Å². The molecule has 0 aromatic heterocycles. The van der Waals surface area contributed by atoms with E-state index in [0.29, 0.717) is 19.1 Å². The first kappa shape index (κ1) is 17.4. The molecule has 1 rings (SSSR count). The molecule has 1 aliphatic rings. The van der Waals surface area contributed by atoms with Crippen LogP contribution in [-0.2, 0) is 19.0 Å². The first-order valence-electron chi connectivity index (χ1n) is 7.61. The van der Waals surface area contributed by atoms with Crippen LogP contribution in [0.1, 0.15) is 39.0 Å². The number of ether oxygens (including phenoxy) is 3. The van der Waals surface area contributed by atoms with Crippen LogP contribution in [0.3, 0.4) is 0 Å². The minimum absolute atomic E-state index is 0.124. The Hall–Kier alpha value is -0.650. The predicted molar refractivity (Wildman–Crippen MR) is 77.7 cm³/mol. The van der Waals surface area contributed by atoms with Gasteiger partial charge in [-0.15, -0.1) is 0 Å². The smallest absolute Gasteiger partial charge is 0.326 e. The maximum atomic E-state index is 12.2. The number of esters is 1. The predicted octanol–water partition coefficient (Wildman–Crippen LogP) is 1.75. The van der Waals surface area contributed by atoms with Gasteiger partial charge in [0.25, 0.3) is 0 Å². The highest BCUT2D eigenvalue weighted by Gasteiger charge is 2.48. The molecule has 2 atom stereocenters. The van der Waals surface area contributed by atoms with Gasteiger partial charge in [0.1, 0.15) is 5.54 Å². The van der Waals surface area contributed by atoms with Gasteiger partial charge in [-0.25, -0.2) is 0 Å². The third-order valence-corrected chi connectivity index (χ3v) is 4.11. The molecule has 1 aliphatic carbocycles. The van der Waals surface area contributed by atoms with Gasteiger partial charge in [-0.05, 0) is 38.1 Å². The molecular weight excluding hydrogens is 258 g/mol. The summed E-state index contributed by atoms with van der Waals surface area (Å²) in [6.45, 7) is 4.94. The number of likely N-dealkylation sites (N-methyl/N-ethyl adjacent to an activating group) is 1. The van der Waals surface area contributed by atoms with Crippen molar-refractivity contribution in [3.8, 4) is 0 Å². The fraction of sp³-hybridized carbons (Fsp3) is 0.933. The topological polar surface area (TPSA) is 56.8 Å². The first-order chi connectivity index (χ1) is 9.71. The zero-order valence-electron chi connectivity index (χ0n) is 13.1. The number of methoxy groups -OCH3 is 2. The quantitative estimate of drug-likeness (QED) is 0.490. The van der Waals surface area contributed by atoms with E-state index in [2.05, 4.69) is 5.32 Å². The summed E-state index contributed by atoms with van der Waals surface area (Å²) in [6.07, 6.45) is 4.80. The normalized spacial score (nSPS) is 25.9. The second-order valence-corrected chi connectivity index (χ2v) is 5.33. The molecule has 0 aromatic carbocycles. The van der Waals surface area contributed by atoms with E-state index < -0.39 is 5.54 Å². The van der Waals surface area contributed by atoms with E-state index >= 15 is 0 Å². The van der Waals surface area contributed by atoms with Crippen molar-refractivity contribution < 1.29 is 19.0 Å². The number of hydrogen-bond donors (Lipinski definition) is 1. The summed E-state index contributed by atoms with van der Waals surface area (Å²) in [5.74, 6) is 0.179. The molecular formula is C15H29NO4. The lowest BCUT2D eigenvalue weighted by molar-refractivity contribution is -0.150. The van der Waals surface area contributed by atoms with Crippen molar-refractivity contribution in [1.82, 2.24) is 5.32 Å². The van der Waals surface area contributed by atoms with Crippen LogP contribution < -0.4 is 5.32 Å². The van der Waals surface area contributed by atoms with Crippen molar-refractivity contribution in [2.24, 2.45) is 5.92 Å². The molecule has 20 heavy (non-hydrogen) atoms. The van der Waals surface area contributed by atoms with Gasteiger partial charge in [0.2, 0.25) is 0 Å². The van der Waals surface area contributed by atoms with Crippen LogP contribution in [0, 0.1) is 5.92 Å². The second kappa shape index (κ2) is 9.32. The molecule has 0 amide bonds. The van der Waals surface area contributed by atoms with Gasteiger partial charge < -0.3 is 19.5 Å². The Balaban J connectivity index is 2.43. The molecule has 0 saturated heterocycles. The average Bonchev–Trinajstić information content (AvgIpc) is 2.86. The summed E-state index contributed by atoms with van der Waals surface area (Å²) in [7, 11) is 3.16. The molecule has 1 fully saturated rings. The van der Waals surface area contributed by atoms with Crippen molar-refractivity contribution in [3.63, 3.8) is 0 Å². The minimum atomic E-state index is -0.501. The lowest BCUT2D eigenvalue weighted by Gasteiger charge is -2.33. The van der Waals surface area contributed by atoms with E-state index in [4.69, 9.17) is 14.2 Å². The van der Waals surface area contributed by atoms with Crippen molar-refractivity contribution >= 4 is 5.97 Å². The lowest BCUT2D eigenvalue weighted by atomic mass is 9.84. The Labute approximate surface area is 122 Å². The van der Waals surface area contributed by atoms with Gasteiger partial charge in [0, 0.05) is 26.9 Å². The highest BCUT2D eigenvalue weighted by molar-refractivity contribution is 5.81. The van der Waals surface area contributed by atoms with Crippen molar-refractivity contribution in [2.75, 3.05) is 40.6 Å². The summed E-state index contributed by atoms with van der Waals surface area (Å²) in [4.78, 5) is 12.2. The molecule has 5 nitrogen and oxygen atoms in total. The van der Waals surface area contributed by atoms with Crippen LogP contribution in [0.15, 0.2) is 0 Å². The lowest BCUT2D eigenvalue weighted by Crippen LogP contribution is -2.55. The SMILES string of the molecule is CCNC1(C(=O)OC)CCCC1CCOCCCOC. The fourth-order valence-electron chi connectivity index (χ4n) is 3.17. The zero-order chi connectivity index (χ0) is 14.8. The number of carbonyl (C=O) groups is 1. The summed E-state index contributed by atoms with van der Waals surface area (Å²) in [5.41, 5.74) is -0.501. The Morgan fingerprint density at radius 2 is 2.10 bits per heavy atom. The van der Waals surface area contributed by atoms with Crippen LogP contribution in [0.4, 0.5) is 0 Å². The Morgan fingerprint density at radius 1 is 1.30 bits per heavy atom. The number of nitrogens with one attached hydrogen (secondary N) is 1. The summed E-state index contributed by atoms with van der Waals surface area (Å²) >= 11 is 0. The van der Waals surface area contributed by atoms with Gasteiger partial charge in [0.05, 0.1) is 7.11 Å². The molecule has 0 aliphatic heterocycles. The van der Waals surface area contributed by atoms with Gasteiger partial charge in [-0.3, -0.25) is 4.79 Å². The highest BCUT2D eigenvalue weighted by atomic mass is 16.5. The number of hydrogen-bond acceptors (Lipinski definition) is 5. The Morgan fingerprint density at radius 3 is 2.75 bits per heavy atom. The summed E-state index contributed by atoms with van der Waals surface area (Å²) < 4.78 is 15.6. The molecule has 0 radical (unpaired) electrons. The van der Waals surface area contributed by atoms with Crippen LogP contribution in [0.25, 0.3) is 0 Å². The van der Waals surface area contributed by atoms with Crippen LogP contribution >= 0.6 is 0 Å². The Bertz CT molecular complexity index is 285. The van der Waals surface area contributed by atoms with E-state index in [9.17, 15) is 4.79 Å². The number of carbonyl (C=O) groups excluding carboxylic acids is 1. The van der Waals surface area contributed by atoms with E-state index in [0.717, 1.165) is 45.3 Å². The average molecular weight is 287 g/mol. The highest BCUT2D eigenvalue weighted by Crippen LogP contribution is 2.38. The first-order valence-corrected chi connectivity index (χ1v) is 7.61. The van der Waals surface area contributed by atoms with Crippen LogP contribution in [0.5, 0.6) is 0 Å². The molecule has 2 unspecified atom stereocenters. The van der Waals surface area contributed by atoms with E-state index in [1.54, 1.807) is 7.11 Å². The van der Waals surface area contributed by atoms with E-state index in [-0.39, 0.29) is 5.97 Å². The maximum absolute atomic E-state index is 12.2. The summed E-state index contributed by atoms with van der Waals surface area (Å²) in [6, 6.07) is 0. The third-order valence-electron chi connectivity index (χ3n) is 4.11. The minimum Gasteiger partial charge on any atom is -0.468 e. The monoisotopic (exact) mass is 287 g/mol. The molecule has 5 heteroatoms. The van der Waals surface area contributed by atoms with Gasteiger partial charge in [0.15, 0.2) is 0 Å². The molecule has 1 saturated carbocycles. The molecule has 0 heterocycles. The van der Waals surface area contributed by atoms with Gasteiger partial charge >= 0.3 is 5.97 Å².